The minimum absolute atomic E-state index is 0.0885. The van der Waals surface area contributed by atoms with E-state index in [4.69, 9.17) is 9.47 Å². The number of ether oxygens (including phenoxy) is 2. The zero-order chi connectivity index (χ0) is 19.9. The average molecular weight is 377 g/mol. The summed E-state index contributed by atoms with van der Waals surface area (Å²) in [5, 5.41) is 2.92. The van der Waals surface area contributed by atoms with Gasteiger partial charge in [0.15, 0.2) is 0 Å². The smallest absolute Gasteiger partial charge is 0.321 e. The molecule has 0 saturated carbocycles. The summed E-state index contributed by atoms with van der Waals surface area (Å²) >= 11 is 0. The number of carbonyl (C=O) groups excluding carboxylic acids is 1. The lowest BCUT2D eigenvalue weighted by atomic mass is 10.1. The largest absolute Gasteiger partial charge is 0.497 e. The van der Waals surface area contributed by atoms with E-state index in [-0.39, 0.29) is 11.9 Å². The zero-order valence-corrected chi connectivity index (χ0v) is 16.2. The van der Waals surface area contributed by atoms with Crippen molar-refractivity contribution >= 4 is 5.91 Å². The molecule has 0 bridgehead atoms. The number of carbonyl (C=O) groups is 1. The van der Waals surface area contributed by atoms with Crippen molar-refractivity contribution in [3.8, 4) is 28.6 Å². The monoisotopic (exact) mass is 377 g/mol. The Morgan fingerprint density at radius 1 is 1.00 bits per heavy atom. The van der Waals surface area contributed by atoms with Crippen LogP contribution in [-0.2, 0) is 0 Å². The Labute approximate surface area is 164 Å². The van der Waals surface area contributed by atoms with E-state index < -0.39 is 0 Å². The standard InChI is InChI=1S/C22H23N3O3/c1-15(2)12-23-21(26)17-7-4-6-16(10-17)18-13-24-22(25-14-18)28-20-9-5-8-19(11-20)27-3/h4-11,13-15H,12H2,1-3H3,(H,23,26). The second-order valence-electron chi connectivity index (χ2n) is 6.72. The van der Waals surface area contributed by atoms with E-state index in [0.717, 1.165) is 11.1 Å². The fraction of sp³-hybridized carbons (Fsp3) is 0.227. The molecule has 1 N–H and O–H groups in total. The van der Waals surface area contributed by atoms with Gasteiger partial charge in [0.1, 0.15) is 11.5 Å². The van der Waals surface area contributed by atoms with Crippen LogP contribution >= 0.6 is 0 Å². The lowest BCUT2D eigenvalue weighted by Gasteiger charge is -2.09. The van der Waals surface area contributed by atoms with Gasteiger partial charge in [-0.1, -0.05) is 32.0 Å². The van der Waals surface area contributed by atoms with Gasteiger partial charge in [-0.2, -0.15) is 0 Å². The minimum atomic E-state index is -0.0885. The van der Waals surface area contributed by atoms with E-state index in [1.165, 1.54) is 0 Å². The highest BCUT2D eigenvalue weighted by Gasteiger charge is 2.09. The normalized spacial score (nSPS) is 10.6. The van der Waals surface area contributed by atoms with Crippen molar-refractivity contribution in [3.05, 3.63) is 66.5 Å². The van der Waals surface area contributed by atoms with Crippen LogP contribution in [-0.4, -0.2) is 29.5 Å². The molecular formula is C22H23N3O3. The van der Waals surface area contributed by atoms with Gasteiger partial charge in [0.2, 0.25) is 0 Å². The Bertz CT molecular complexity index is 940. The maximum Gasteiger partial charge on any atom is 0.321 e. The van der Waals surface area contributed by atoms with Crippen LogP contribution < -0.4 is 14.8 Å². The van der Waals surface area contributed by atoms with Crippen LogP contribution in [0.15, 0.2) is 60.9 Å². The Hall–Kier alpha value is -3.41. The fourth-order valence-corrected chi connectivity index (χ4v) is 2.53. The van der Waals surface area contributed by atoms with Gasteiger partial charge in [0, 0.05) is 36.1 Å². The van der Waals surface area contributed by atoms with Crippen molar-refractivity contribution in [2.24, 2.45) is 5.92 Å². The highest BCUT2D eigenvalue weighted by atomic mass is 16.5. The summed E-state index contributed by atoms with van der Waals surface area (Å²) in [6, 6.07) is 14.9. The SMILES string of the molecule is COc1cccc(Oc2ncc(-c3cccc(C(=O)NCC(C)C)c3)cn2)c1. The molecule has 2 aromatic carbocycles. The van der Waals surface area contributed by atoms with Gasteiger partial charge in [-0.15, -0.1) is 0 Å². The fourth-order valence-electron chi connectivity index (χ4n) is 2.53. The third kappa shape index (κ3) is 5.07. The van der Waals surface area contributed by atoms with Crippen LogP contribution in [0.2, 0.25) is 0 Å². The van der Waals surface area contributed by atoms with Gasteiger partial charge >= 0.3 is 6.01 Å². The molecule has 3 rings (SSSR count). The highest BCUT2D eigenvalue weighted by molar-refractivity contribution is 5.95. The minimum Gasteiger partial charge on any atom is -0.497 e. The number of aromatic nitrogens is 2. The molecule has 28 heavy (non-hydrogen) atoms. The molecule has 1 heterocycles. The molecule has 0 aliphatic carbocycles. The molecule has 1 amide bonds. The van der Waals surface area contributed by atoms with E-state index in [1.807, 2.05) is 30.3 Å². The molecule has 144 valence electrons. The maximum atomic E-state index is 12.3. The number of amides is 1. The lowest BCUT2D eigenvalue weighted by Crippen LogP contribution is -2.27. The van der Waals surface area contributed by atoms with E-state index in [2.05, 4.69) is 29.1 Å². The summed E-state index contributed by atoms with van der Waals surface area (Å²) in [7, 11) is 1.60. The Morgan fingerprint density at radius 2 is 1.71 bits per heavy atom. The predicted octanol–water partition coefficient (Wildman–Crippen LogP) is 4.33. The molecule has 3 aromatic rings. The average Bonchev–Trinajstić information content (AvgIpc) is 2.72. The van der Waals surface area contributed by atoms with E-state index in [0.29, 0.717) is 29.5 Å². The van der Waals surface area contributed by atoms with Crippen molar-refractivity contribution in [1.82, 2.24) is 15.3 Å². The first kappa shape index (κ1) is 19.4. The molecular weight excluding hydrogens is 354 g/mol. The summed E-state index contributed by atoms with van der Waals surface area (Å²) in [6.45, 7) is 4.76. The molecule has 0 unspecified atom stereocenters. The van der Waals surface area contributed by atoms with Crippen LogP contribution in [0.3, 0.4) is 0 Å². The van der Waals surface area contributed by atoms with Crippen molar-refractivity contribution in [3.63, 3.8) is 0 Å². The molecule has 0 spiro atoms. The van der Waals surface area contributed by atoms with Crippen LogP contribution in [0.1, 0.15) is 24.2 Å². The number of nitrogens with one attached hydrogen (secondary N) is 1. The number of hydrogen-bond acceptors (Lipinski definition) is 5. The van der Waals surface area contributed by atoms with Crippen LogP contribution in [0.25, 0.3) is 11.1 Å². The number of methoxy groups -OCH3 is 1. The summed E-state index contributed by atoms with van der Waals surface area (Å²) in [6.07, 6.45) is 3.35. The van der Waals surface area contributed by atoms with Crippen molar-refractivity contribution in [2.45, 2.75) is 13.8 Å². The Balaban J connectivity index is 1.72. The van der Waals surface area contributed by atoms with E-state index >= 15 is 0 Å². The summed E-state index contributed by atoms with van der Waals surface area (Å²) < 4.78 is 10.8. The highest BCUT2D eigenvalue weighted by Crippen LogP contribution is 2.24. The van der Waals surface area contributed by atoms with Crippen LogP contribution in [0, 0.1) is 5.92 Å². The van der Waals surface area contributed by atoms with Crippen molar-refractivity contribution < 1.29 is 14.3 Å². The third-order valence-corrected chi connectivity index (χ3v) is 4.01. The van der Waals surface area contributed by atoms with Gasteiger partial charge in [-0.25, -0.2) is 9.97 Å². The topological polar surface area (TPSA) is 73.3 Å². The molecule has 1 aromatic heterocycles. The molecule has 0 aliphatic heterocycles. The number of rotatable bonds is 7. The number of nitrogens with zero attached hydrogens (tertiary/aromatic N) is 2. The molecule has 6 nitrogen and oxygen atoms in total. The lowest BCUT2D eigenvalue weighted by molar-refractivity contribution is 0.0949. The second kappa shape index (κ2) is 8.99. The number of benzene rings is 2. The van der Waals surface area contributed by atoms with Gasteiger partial charge in [0.05, 0.1) is 7.11 Å². The van der Waals surface area contributed by atoms with Crippen LogP contribution in [0.5, 0.6) is 17.5 Å². The molecule has 0 atom stereocenters. The van der Waals surface area contributed by atoms with Gasteiger partial charge in [-0.05, 0) is 35.7 Å². The van der Waals surface area contributed by atoms with Gasteiger partial charge < -0.3 is 14.8 Å². The van der Waals surface area contributed by atoms with E-state index in [1.54, 1.807) is 37.7 Å². The summed E-state index contributed by atoms with van der Waals surface area (Å²) in [5.41, 5.74) is 2.27. The predicted molar refractivity (Wildman–Crippen MR) is 108 cm³/mol. The Morgan fingerprint density at radius 3 is 2.43 bits per heavy atom. The molecule has 6 heteroatoms. The Kier molecular flexibility index (Phi) is 6.22. The number of hydrogen-bond donors (Lipinski definition) is 1. The third-order valence-electron chi connectivity index (χ3n) is 4.01. The van der Waals surface area contributed by atoms with Gasteiger partial charge in [-0.3, -0.25) is 4.79 Å². The van der Waals surface area contributed by atoms with E-state index in [9.17, 15) is 4.79 Å². The first-order chi connectivity index (χ1) is 13.5. The van der Waals surface area contributed by atoms with Gasteiger partial charge in [0.25, 0.3) is 5.91 Å². The second-order valence-corrected chi connectivity index (χ2v) is 6.72. The molecule has 0 saturated heterocycles. The maximum absolute atomic E-state index is 12.3. The molecule has 0 fully saturated rings. The van der Waals surface area contributed by atoms with Crippen molar-refractivity contribution in [1.29, 1.82) is 0 Å². The molecule has 0 radical (unpaired) electrons. The quantitative estimate of drug-likeness (QED) is 0.663. The first-order valence-electron chi connectivity index (χ1n) is 9.07. The summed E-state index contributed by atoms with van der Waals surface area (Å²) in [4.78, 5) is 20.8. The van der Waals surface area contributed by atoms with Crippen molar-refractivity contribution in [2.75, 3.05) is 13.7 Å². The molecule has 0 aliphatic rings. The first-order valence-corrected chi connectivity index (χ1v) is 9.07. The zero-order valence-electron chi connectivity index (χ0n) is 16.2. The summed E-state index contributed by atoms with van der Waals surface area (Å²) in [5.74, 6) is 1.60. The van der Waals surface area contributed by atoms with Crippen LogP contribution in [0.4, 0.5) is 0 Å².